The Balaban J connectivity index is 2.04. The van der Waals surface area contributed by atoms with Gasteiger partial charge in [-0.05, 0) is 43.5 Å². The average molecular weight is 297 g/mol. The van der Waals surface area contributed by atoms with Crippen LogP contribution in [0.2, 0.25) is 0 Å². The summed E-state index contributed by atoms with van der Waals surface area (Å²) < 4.78 is 26.2. The molecular weight excluding hydrogens is 278 g/mol. The Morgan fingerprint density at radius 1 is 1.30 bits per heavy atom. The van der Waals surface area contributed by atoms with Gasteiger partial charge >= 0.3 is 0 Å². The quantitative estimate of drug-likeness (QED) is 0.723. The zero-order chi connectivity index (χ0) is 14.8. The van der Waals surface area contributed by atoms with Crippen LogP contribution in [0.15, 0.2) is 29.2 Å². The van der Waals surface area contributed by atoms with E-state index in [-0.39, 0.29) is 10.8 Å². The maximum Gasteiger partial charge on any atom is 0.244 e. The number of anilines is 1. The molecule has 20 heavy (non-hydrogen) atoms. The number of carbonyl (C=O) groups is 1. The molecule has 0 bridgehead atoms. The minimum atomic E-state index is -3.47. The van der Waals surface area contributed by atoms with Crippen LogP contribution >= 0.6 is 0 Å². The van der Waals surface area contributed by atoms with Crippen LogP contribution in [-0.4, -0.2) is 26.4 Å². The third-order valence-electron chi connectivity index (χ3n) is 3.21. The first-order valence-electron chi connectivity index (χ1n) is 6.57. The molecule has 1 aromatic carbocycles. The molecule has 110 valence electrons. The fourth-order valence-electron chi connectivity index (χ4n) is 1.65. The lowest BCUT2D eigenvalue weighted by Crippen LogP contribution is -2.37. The largest absolute Gasteiger partial charge is 0.324 e. The molecule has 0 saturated heterocycles. The minimum Gasteiger partial charge on any atom is -0.324 e. The van der Waals surface area contributed by atoms with Gasteiger partial charge in [-0.3, -0.25) is 4.79 Å². The second kappa shape index (κ2) is 5.51. The highest BCUT2D eigenvalue weighted by atomic mass is 32.2. The van der Waals surface area contributed by atoms with Gasteiger partial charge in [0.05, 0.1) is 10.4 Å². The predicted molar refractivity (Wildman–Crippen MR) is 76.7 cm³/mol. The van der Waals surface area contributed by atoms with Crippen LogP contribution in [0.3, 0.4) is 0 Å². The fourth-order valence-corrected chi connectivity index (χ4v) is 2.79. The lowest BCUT2D eigenvalue weighted by molar-refractivity contribution is -0.118. The van der Waals surface area contributed by atoms with Crippen molar-refractivity contribution in [3.8, 4) is 0 Å². The van der Waals surface area contributed by atoms with Gasteiger partial charge in [0.25, 0.3) is 0 Å². The third kappa shape index (κ3) is 3.36. The van der Waals surface area contributed by atoms with Gasteiger partial charge in [-0.2, -0.15) is 0 Å². The molecule has 2 rings (SSSR count). The van der Waals surface area contributed by atoms with Crippen LogP contribution in [0, 0.1) is 0 Å². The van der Waals surface area contributed by atoms with Crippen LogP contribution in [0.5, 0.6) is 0 Å². The summed E-state index contributed by atoms with van der Waals surface area (Å²) in [6, 6.07) is 6.04. The number of hydrogen-bond donors (Lipinski definition) is 3. The summed E-state index contributed by atoms with van der Waals surface area (Å²) in [4.78, 5) is 11.9. The van der Waals surface area contributed by atoms with E-state index in [0.29, 0.717) is 25.1 Å². The smallest absolute Gasteiger partial charge is 0.244 e. The highest BCUT2D eigenvalue weighted by Crippen LogP contribution is 2.33. The topological polar surface area (TPSA) is 101 Å². The molecule has 0 heterocycles. The number of nitrogens with one attached hydrogen (secondary N) is 2. The summed E-state index contributed by atoms with van der Waals surface area (Å²) in [6.45, 7) is 2.29. The summed E-state index contributed by atoms with van der Waals surface area (Å²) in [7, 11) is -3.47. The Hall–Kier alpha value is -1.44. The first kappa shape index (κ1) is 15.0. The summed E-state index contributed by atoms with van der Waals surface area (Å²) in [5, 5.41) is 2.69. The van der Waals surface area contributed by atoms with Gasteiger partial charge < -0.3 is 11.1 Å². The number of nitrogens with two attached hydrogens (primary N) is 1. The van der Waals surface area contributed by atoms with E-state index in [1.54, 1.807) is 12.1 Å². The second-order valence-electron chi connectivity index (χ2n) is 5.03. The highest BCUT2D eigenvalue weighted by molar-refractivity contribution is 7.89. The van der Waals surface area contributed by atoms with Crippen LogP contribution in [0.4, 0.5) is 5.69 Å². The number of benzene rings is 1. The van der Waals surface area contributed by atoms with Gasteiger partial charge in [0.2, 0.25) is 15.9 Å². The number of rotatable bonds is 6. The van der Waals surface area contributed by atoms with Gasteiger partial charge in [0.15, 0.2) is 0 Å². The normalized spacial score (nSPS) is 16.7. The summed E-state index contributed by atoms with van der Waals surface area (Å²) in [6.07, 6.45) is 2.10. The first-order chi connectivity index (χ1) is 9.37. The maximum atomic E-state index is 11.9. The molecule has 1 fully saturated rings. The first-order valence-corrected chi connectivity index (χ1v) is 8.06. The SMILES string of the molecule is CCCNS(=O)(=O)c1ccc(NC(=O)C2(N)CC2)cc1. The average Bonchev–Trinajstić information content (AvgIpc) is 3.16. The van der Waals surface area contributed by atoms with E-state index < -0.39 is 15.6 Å². The predicted octanol–water partition coefficient (Wildman–Crippen LogP) is 0.805. The number of sulfonamides is 1. The standard InChI is InChI=1S/C13H19N3O3S/c1-2-9-15-20(18,19)11-5-3-10(4-6-11)16-12(17)13(14)7-8-13/h3-6,15H,2,7-9,14H2,1H3,(H,16,17). The molecule has 4 N–H and O–H groups in total. The summed E-state index contributed by atoms with van der Waals surface area (Å²) in [5.74, 6) is -0.225. The second-order valence-corrected chi connectivity index (χ2v) is 6.80. The van der Waals surface area contributed by atoms with Crippen LogP contribution in [-0.2, 0) is 14.8 Å². The fraction of sp³-hybridized carbons (Fsp3) is 0.462. The highest BCUT2D eigenvalue weighted by Gasteiger charge is 2.45. The number of amides is 1. The molecule has 1 amide bonds. The third-order valence-corrected chi connectivity index (χ3v) is 4.68. The molecule has 1 aromatic rings. The molecule has 7 heteroatoms. The van der Waals surface area contributed by atoms with Crippen molar-refractivity contribution >= 4 is 21.6 Å². The van der Waals surface area contributed by atoms with E-state index in [1.165, 1.54) is 12.1 Å². The minimum absolute atomic E-state index is 0.179. The molecular formula is C13H19N3O3S. The van der Waals surface area contributed by atoms with E-state index in [4.69, 9.17) is 5.73 Å². The van der Waals surface area contributed by atoms with Crippen molar-refractivity contribution in [3.05, 3.63) is 24.3 Å². The Kier molecular flexibility index (Phi) is 4.12. The van der Waals surface area contributed by atoms with Crippen molar-refractivity contribution in [2.75, 3.05) is 11.9 Å². The van der Waals surface area contributed by atoms with Crippen molar-refractivity contribution in [2.24, 2.45) is 5.73 Å². The summed E-state index contributed by atoms with van der Waals surface area (Å²) in [5.41, 5.74) is 5.57. The van der Waals surface area contributed by atoms with Crippen molar-refractivity contribution in [1.29, 1.82) is 0 Å². The molecule has 0 spiro atoms. The van der Waals surface area contributed by atoms with Gasteiger partial charge in [0.1, 0.15) is 0 Å². The molecule has 1 saturated carbocycles. The van der Waals surface area contributed by atoms with E-state index >= 15 is 0 Å². The molecule has 0 unspecified atom stereocenters. The summed E-state index contributed by atoms with van der Waals surface area (Å²) >= 11 is 0. The molecule has 0 aliphatic heterocycles. The van der Waals surface area contributed by atoms with E-state index in [2.05, 4.69) is 10.0 Å². The van der Waals surface area contributed by atoms with Crippen LogP contribution < -0.4 is 15.8 Å². The molecule has 0 aromatic heterocycles. The number of carbonyl (C=O) groups excluding carboxylic acids is 1. The maximum absolute atomic E-state index is 11.9. The zero-order valence-corrected chi connectivity index (χ0v) is 12.2. The molecule has 1 aliphatic rings. The lowest BCUT2D eigenvalue weighted by atomic mass is 10.2. The lowest BCUT2D eigenvalue weighted by Gasteiger charge is -2.11. The van der Waals surface area contributed by atoms with Crippen molar-refractivity contribution in [3.63, 3.8) is 0 Å². The Labute approximate surface area is 118 Å². The van der Waals surface area contributed by atoms with Gasteiger partial charge in [-0.1, -0.05) is 6.92 Å². The monoisotopic (exact) mass is 297 g/mol. The Morgan fingerprint density at radius 3 is 2.40 bits per heavy atom. The Bertz CT molecular complexity index is 592. The van der Waals surface area contributed by atoms with E-state index in [1.807, 2.05) is 6.92 Å². The zero-order valence-electron chi connectivity index (χ0n) is 11.3. The number of hydrogen-bond acceptors (Lipinski definition) is 4. The molecule has 1 aliphatic carbocycles. The van der Waals surface area contributed by atoms with Gasteiger partial charge in [-0.25, -0.2) is 13.1 Å². The van der Waals surface area contributed by atoms with Crippen LogP contribution in [0.25, 0.3) is 0 Å². The molecule has 6 nitrogen and oxygen atoms in total. The molecule has 0 radical (unpaired) electrons. The molecule has 0 atom stereocenters. The van der Waals surface area contributed by atoms with Crippen molar-refractivity contribution < 1.29 is 13.2 Å². The Morgan fingerprint density at radius 2 is 1.90 bits per heavy atom. The van der Waals surface area contributed by atoms with Crippen LogP contribution in [0.1, 0.15) is 26.2 Å². The van der Waals surface area contributed by atoms with Gasteiger partial charge in [0, 0.05) is 12.2 Å². The van der Waals surface area contributed by atoms with E-state index in [9.17, 15) is 13.2 Å². The van der Waals surface area contributed by atoms with Crippen molar-refractivity contribution in [1.82, 2.24) is 4.72 Å². The van der Waals surface area contributed by atoms with Crippen molar-refractivity contribution in [2.45, 2.75) is 36.6 Å². The van der Waals surface area contributed by atoms with E-state index in [0.717, 1.165) is 6.42 Å². The van der Waals surface area contributed by atoms with Gasteiger partial charge in [-0.15, -0.1) is 0 Å².